The molecule has 1 aliphatic heterocycles. The molecule has 0 unspecified atom stereocenters. The molecule has 2 rings (SSSR count). The largest absolute Gasteiger partial charge is 0.492 e. The van der Waals surface area contributed by atoms with Crippen molar-refractivity contribution in [1.82, 2.24) is 9.80 Å². The Morgan fingerprint density at radius 2 is 1.96 bits per heavy atom. The summed E-state index contributed by atoms with van der Waals surface area (Å²) in [6, 6.07) is 4.93. The van der Waals surface area contributed by atoms with E-state index in [1.54, 1.807) is 23.1 Å². The molecule has 0 aliphatic carbocycles. The molecule has 1 N–H and O–H groups in total. The van der Waals surface area contributed by atoms with E-state index in [0.717, 1.165) is 25.2 Å². The van der Waals surface area contributed by atoms with E-state index in [-0.39, 0.29) is 17.7 Å². The van der Waals surface area contributed by atoms with Gasteiger partial charge in [0, 0.05) is 32.2 Å². The molecule has 1 aromatic rings. The first-order valence-corrected chi connectivity index (χ1v) is 9.25. The average molecular weight is 378 g/mol. The molecular formula is C20H30N2O5. The second-order valence-corrected chi connectivity index (χ2v) is 7.96. The highest BCUT2D eigenvalue weighted by molar-refractivity contribution is 5.88. The van der Waals surface area contributed by atoms with E-state index in [0.29, 0.717) is 18.9 Å². The van der Waals surface area contributed by atoms with Gasteiger partial charge in [-0.15, -0.1) is 0 Å². The number of hydrogen-bond donors (Lipinski definition) is 1. The molecule has 1 amide bonds. The molecule has 1 saturated heterocycles. The fourth-order valence-electron chi connectivity index (χ4n) is 3.06. The molecule has 7 heteroatoms. The second-order valence-electron chi connectivity index (χ2n) is 7.96. The van der Waals surface area contributed by atoms with Crippen LogP contribution in [0.15, 0.2) is 18.2 Å². The highest BCUT2D eigenvalue weighted by Crippen LogP contribution is 2.20. The van der Waals surface area contributed by atoms with Crippen molar-refractivity contribution >= 4 is 12.1 Å². The summed E-state index contributed by atoms with van der Waals surface area (Å²) >= 11 is 0. The molecule has 0 spiro atoms. The molecule has 0 bridgehead atoms. The number of carbonyl (C=O) groups excluding carboxylic acids is 1. The fourth-order valence-corrected chi connectivity index (χ4v) is 3.06. The van der Waals surface area contributed by atoms with Gasteiger partial charge in [0.2, 0.25) is 0 Å². The lowest BCUT2D eigenvalue weighted by Gasteiger charge is -2.40. The first-order chi connectivity index (χ1) is 12.6. The van der Waals surface area contributed by atoms with Gasteiger partial charge in [-0.1, -0.05) is 0 Å². The van der Waals surface area contributed by atoms with E-state index >= 15 is 0 Å². The summed E-state index contributed by atoms with van der Waals surface area (Å²) in [5, 5.41) is 9.01. The number of rotatable bonds is 5. The predicted molar refractivity (Wildman–Crippen MR) is 102 cm³/mol. The summed E-state index contributed by atoms with van der Waals surface area (Å²) in [7, 11) is 0. The van der Waals surface area contributed by atoms with Crippen LogP contribution in [0, 0.1) is 6.92 Å². The highest BCUT2D eigenvalue weighted by atomic mass is 16.6. The second kappa shape index (κ2) is 8.61. The van der Waals surface area contributed by atoms with Crippen molar-refractivity contribution < 1.29 is 24.2 Å². The van der Waals surface area contributed by atoms with Gasteiger partial charge < -0.3 is 19.5 Å². The lowest BCUT2D eigenvalue weighted by molar-refractivity contribution is 0.000337. The minimum atomic E-state index is -0.943. The predicted octanol–water partition coefficient (Wildman–Crippen LogP) is 3.01. The Balaban J connectivity index is 1.80. The van der Waals surface area contributed by atoms with Crippen LogP contribution in [-0.2, 0) is 4.74 Å². The van der Waals surface area contributed by atoms with Gasteiger partial charge in [-0.05, 0) is 58.4 Å². The standard InChI is InChI=1S/C20H30N2O5/c1-14-12-16(18(23)24)6-7-17(14)26-11-10-21-8-9-22(15(2)13-21)19(25)27-20(3,4)5/h6-7,12,15H,8-11,13H2,1-5H3,(H,23,24)/t15-/m0/s1. The quantitative estimate of drug-likeness (QED) is 0.848. The van der Waals surface area contributed by atoms with E-state index < -0.39 is 11.6 Å². The van der Waals surface area contributed by atoms with E-state index in [1.807, 2.05) is 34.6 Å². The Hall–Kier alpha value is -2.28. The summed E-state index contributed by atoms with van der Waals surface area (Å²) in [6.07, 6.45) is -0.264. The molecule has 27 heavy (non-hydrogen) atoms. The van der Waals surface area contributed by atoms with Gasteiger partial charge in [0.1, 0.15) is 18.0 Å². The number of amides is 1. The number of aromatic carboxylic acids is 1. The summed E-state index contributed by atoms with van der Waals surface area (Å²) in [5.41, 5.74) is 0.570. The van der Waals surface area contributed by atoms with Gasteiger partial charge in [0.25, 0.3) is 0 Å². The number of carboxylic acids is 1. The summed E-state index contributed by atoms with van der Waals surface area (Å²) in [4.78, 5) is 27.3. The lowest BCUT2D eigenvalue weighted by Crippen LogP contribution is -2.55. The average Bonchev–Trinajstić information content (AvgIpc) is 2.54. The molecule has 1 aromatic carbocycles. The maximum Gasteiger partial charge on any atom is 0.410 e. The topological polar surface area (TPSA) is 79.3 Å². The maximum absolute atomic E-state index is 12.3. The SMILES string of the molecule is Cc1cc(C(=O)O)ccc1OCCN1CCN(C(=O)OC(C)(C)C)[C@@H](C)C1. The Bertz CT molecular complexity index is 683. The zero-order valence-electron chi connectivity index (χ0n) is 16.8. The molecular weight excluding hydrogens is 348 g/mol. The van der Waals surface area contributed by atoms with E-state index in [1.165, 1.54) is 0 Å². The lowest BCUT2D eigenvalue weighted by atomic mass is 10.1. The first-order valence-electron chi connectivity index (χ1n) is 9.25. The number of carbonyl (C=O) groups is 2. The molecule has 1 fully saturated rings. The molecule has 1 atom stereocenters. The van der Waals surface area contributed by atoms with Gasteiger partial charge in [0.05, 0.1) is 5.56 Å². The van der Waals surface area contributed by atoms with Crippen molar-refractivity contribution in [1.29, 1.82) is 0 Å². The summed E-state index contributed by atoms with van der Waals surface area (Å²) in [5.74, 6) is -0.248. The van der Waals surface area contributed by atoms with Crippen molar-refractivity contribution in [3.05, 3.63) is 29.3 Å². The molecule has 0 saturated carbocycles. The Labute approximate surface area is 160 Å². The van der Waals surface area contributed by atoms with Crippen molar-refractivity contribution in [2.45, 2.75) is 46.3 Å². The normalized spacial score (nSPS) is 18.3. The van der Waals surface area contributed by atoms with Gasteiger partial charge in [-0.2, -0.15) is 0 Å². The number of nitrogens with zero attached hydrogens (tertiary/aromatic N) is 2. The molecule has 150 valence electrons. The molecule has 7 nitrogen and oxygen atoms in total. The van der Waals surface area contributed by atoms with Gasteiger partial charge in [0.15, 0.2) is 0 Å². The highest BCUT2D eigenvalue weighted by Gasteiger charge is 2.30. The minimum absolute atomic E-state index is 0.0742. The Kier molecular flexibility index (Phi) is 6.70. The molecule has 0 aromatic heterocycles. The van der Waals surface area contributed by atoms with Crippen LogP contribution in [0.25, 0.3) is 0 Å². The minimum Gasteiger partial charge on any atom is -0.492 e. The van der Waals surface area contributed by atoms with Gasteiger partial charge in [-0.3, -0.25) is 4.90 Å². The van der Waals surface area contributed by atoms with E-state index in [2.05, 4.69) is 4.90 Å². The number of benzene rings is 1. The Morgan fingerprint density at radius 3 is 2.52 bits per heavy atom. The van der Waals surface area contributed by atoms with Crippen LogP contribution in [0.3, 0.4) is 0 Å². The van der Waals surface area contributed by atoms with Crippen LogP contribution in [0.5, 0.6) is 5.75 Å². The van der Waals surface area contributed by atoms with Crippen LogP contribution >= 0.6 is 0 Å². The third-order valence-electron chi connectivity index (χ3n) is 4.43. The smallest absolute Gasteiger partial charge is 0.410 e. The zero-order chi connectivity index (χ0) is 20.2. The van der Waals surface area contributed by atoms with Crippen molar-refractivity contribution in [2.75, 3.05) is 32.8 Å². The number of carboxylic acid groups (broad SMARTS) is 1. The molecule has 0 radical (unpaired) electrons. The number of aryl methyl sites for hydroxylation is 1. The third-order valence-corrected chi connectivity index (χ3v) is 4.43. The molecule has 1 heterocycles. The number of piperazine rings is 1. The monoisotopic (exact) mass is 378 g/mol. The van der Waals surface area contributed by atoms with Crippen molar-refractivity contribution in [2.24, 2.45) is 0 Å². The van der Waals surface area contributed by atoms with Crippen molar-refractivity contribution in [3.8, 4) is 5.75 Å². The number of ether oxygens (including phenoxy) is 2. The van der Waals surface area contributed by atoms with E-state index in [4.69, 9.17) is 14.6 Å². The third kappa shape index (κ3) is 6.13. The van der Waals surface area contributed by atoms with Crippen molar-refractivity contribution in [3.63, 3.8) is 0 Å². The van der Waals surface area contributed by atoms with Gasteiger partial charge in [-0.25, -0.2) is 9.59 Å². The van der Waals surface area contributed by atoms with Crippen LogP contribution in [0.2, 0.25) is 0 Å². The maximum atomic E-state index is 12.3. The van der Waals surface area contributed by atoms with Gasteiger partial charge >= 0.3 is 12.1 Å². The summed E-state index contributed by atoms with van der Waals surface area (Å²) < 4.78 is 11.3. The Morgan fingerprint density at radius 1 is 1.26 bits per heavy atom. The zero-order valence-corrected chi connectivity index (χ0v) is 16.8. The van der Waals surface area contributed by atoms with E-state index in [9.17, 15) is 9.59 Å². The summed E-state index contributed by atoms with van der Waals surface area (Å²) in [6.45, 7) is 12.9. The van der Waals surface area contributed by atoms with Crippen LogP contribution < -0.4 is 4.74 Å². The fraction of sp³-hybridized carbons (Fsp3) is 0.600. The first kappa shape index (κ1) is 21.0. The molecule has 1 aliphatic rings. The van der Waals surface area contributed by atoms with Crippen LogP contribution in [-0.4, -0.2) is 71.4 Å². The van der Waals surface area contributed by atoms with Crippen LogP contribution in [0.1, 0.15) is 43.6 Å². The number of hydrogen-bond acceptors (Lipinski definition) is 5. The van der Waals surface area contributed by atoms with Crippen LogP contribution in [0.4, 0.5) is 4.79 Å².